The smallest absolute Gasteiger partial charge is 0.278 e. The number of amidine groups is 1. The average Bonchev–Trinajstić information content (AvgIpc) is 2.84. The largest absolute Gasteiger partial charge is 0.493 e. The second-order valence-electron chi connectivity index (χ2n) is 4.70. The number of ether oxygens (including phenoxy) is 2. The summed E-state index contributed by atoms with van der Waals surface area (Å²) < 4.78 is 10.5. The third-order valence-corrected chi connectivity index (χ3v) is 4.44. The zero-order valence-electron chi connectivity index (χ0n) is 12.0. The molecule has 0 unspecified atom stereocenters. The Balaban J connectivity index is 1.92. The van der Waals surface area contributed by atoms with Gasteiger partial charge in [0, 0.05) is 12.3 Å². The summed E-state index contributed by atoms with van der Waals surface area (Å²) in [5.74, 6) is 2.30. The Morgan fingerprint density at radius 3 is 2.81 bits per heavy atom. The topological polar surface area (TPSA) is 51.1 Å². The Morgan fingerprint density at radius 2 is 2.10 bits per heavy atom. The van der Waals surface area contributed by atoms with Crippen LogP contribution in [-0.2, 0) is 4.79 Å². The van der Waals surface area contributed by atoms with Crippen molar-refractivity contribution < 1.29 is 14.3 Å². The molecular formula is C15H16N2O3S. The molecule has 2 heterocycles. The molecule has 0 bridgehead atoms. The van der Waals surface area contributed by atoms with Crippen molar-refractivity contribution in [2.24, 2.45) is 4.99 Å². The molecule has 1 fully saturated rings. The molecule has 3 rings (SSSR count). The minimum absolute atomic E-state index is 0.0213. The van der Waals surface area contributed by atoms with Crippen molar-refractivity contribution in [3.63, 3.8) is 0 Å². The molecule has 2 aliphatic heterocycles. The van der Waals surface area contributed by atoms with Gasteiger partial charge in [-0.2, -0.15) is 0 Å². The van der Waals surface area contributed by atoms with Crippen LogP contribution < -0.4 is 9.47 Å². The van der Waals surface area contributed by atoms with Gasteiger partial charge < -0.3 is 9.47 Å². The fraction of sp³-hybridized carbons (Fsp3) is 0.333. The average molecular weight is 304 g/mol. The lowest BCUT2D eigenvalue weighted by molar-refractivity contribution is -0.122. The molecule has 0 spiro atoms. The second kappa shape index (κ2) is 5.81. The number of nitrogens with zero attached hydrogens (tertiary/aromatic N) is 2. The van der Waals surface area contributed by atoms with Gasteiger partial charge in [-0.25, -0.2) is 4.99 Å². The van der Waals surface area contributed by atoms with E-state index in [0.29, 0.717) is 17.2 Å². The predicted octanol–water partition coefficient (Wildman–Crippen LogP) is 2.38. The number of carbonyl (C=O) groups is 1. The summed E-state index contributed by atoms with van der Waals surface area (Å²) in [6.07, 6.45) is 2.80. The van der Waals surface area contributed by atoms with Crippen LogP contribution in [0.15, 0.2) is 28.9 Å². The molecule has 0 N–H and O–H groups in total. The highest BCUT2D eigenvalue weighted by Crippen LogP contribution is 2.31. The van der Waals surface area contributed by atoms with Gasteiger partial charge in [-0.05, 0) is 30.2 Å². The Bertz CT molecular complexity index is 640. The van der Waals surface area contributed by atoms with Crippen LogP contribution in [0.25, 0.3) is 6.08 Å². The van der Waals surface area contributed by atoms with Crippen LogP contribution in [0.3, 0.4) is 0 Å². The van der Waals surface area contributed by atoms with E-state index < -0.39 is 0 Å². The number of thioether (sulfide) groups is 1. The van der Waals surface area contributed by atoms with Crippen LogP contribution in [0, 0.1) is 0 Å². The summed E-state index contributed by atoms with van der Waals surface area (Å²) in [6.45, 7) is 0.758. The Morgan fingerprint density at radius 1 is 1.29 bits per heavy atom. The first-order valence-corrected chi connectivity index (χ1v) is 7.68. The molecule has 0 saturated carbocycles. The highest BCUT2D eigenvalue weighted by atomic mass is 32.2. The summed E-state index contributed by atoms with van der Waals surface area (Å²) in [4.78, 5) is 18.5. The van der Waals surface area contributed by atoms with Gasteiger partial charge in [0.25, 0.3) is 5.91 Å². The number of hydrogen-bond acceptors (Lipinski definition) is 5. The quantitative estimate of drug-likeness (QED) is 0.805. The molecule has 5 nitrogen and oxygen atoms in total. The normalized spacial score (nSPS) is 19.5. The molecule has 1 aromatic carbocycles. The molecule has 0 aromatic heterocycles. The maximum Gasteiger partial charge on any atom is 0.278 e. The van der Waals surface area contributed by atoms with E-state index in [0.717, 1.165) is 29.4 Å². The SMILES string of the molecule is COc1ccc(/C=C2\N=C3SCCCN3C2=O)cc1OC. The van der Waals surface area contributed by atoms with Gasteiger partial charge in [0.2, 0.25) is 0 Å². The van der Waals surface area contributed by atoms with Gasteiger partial charge in [-0.15, -0.1) is 0 Å². The number of amides is 1. The number of benzene rings is 1. The van der Waals surface area contributed by atoms with Crippen LogP contribution in [-0.4, -0.2) is 42.5 Å². The summed E-state index contributed by atoms with van der Waals surface area (Å²) in [6, 6.07) is 5.54. The molecular weight excluding hydrogens is 288 g/mol. The standard InChI is InChI=1S/C15H16N2O3S/c1-19-12-5-4-10(9-13(12)20-2)8-11-14(18)17-6-3-7-21-15(17)16-11/h4-5,8-9H,3,6-7H2,1-2H3/b11-8-. The van der Waals surface area contributed by atoms with Gasteiger partial charge >= 0.3 is 0 Å². The van der Waals surface area contributed by atoms with E-state index in [-0.39, 0.29) is 5.91 Å². The molecule has 1 aromatic rings. The fourth-order valence-corrected chi connectivity index (χ4v) is 3.27. The first kappa shape index (κ1) is 14.0. The van der Waals surface area contributed by atoms with Crippen molar-refractivity contribution in [2.45, 2.75) is 6.42 Å². The van der Waals surface area contributed by atoms with E-state index in [1.165, 1.54) is 0 Å². The number of aliphatic imine (C=N–C) groups is 1. The van der Waals surface area contributed by atoms with Crippen LogP contribution in [0.1, 0.15) is 12.0 Å². The molecule has 2 aliphatic rings. The highest BCUT2D eigenvalue weighted by molar-refractivity contribution is 8.13. The fourth-order valence-electron chi connectivity index (χ4n) is 2.32. The minimum atomic E-state index is -0.0213. The van der Waals surface area contributed by atoms with E-state index in [1.54, 1.807) is 37.0 Å². The first-order chi connectivity index (χ1) is 10.2. The number of rotatable bonds is 3. The summed E-state index contributed by atoms with van der Waals surface area (Å²) >= 11 is 1.64. The van der Waals surface area contributed by atoms with E-state index in [1.807, 2.05) is 18.2 Å². The molecule has 1 amide bonds. The zero-order chi connectivity index (χ0) is 14.8. The van der Waals surface area contributed by atoms with Gasteiger partial charge in [0.05, 0.1) is 14.2 Å². The Kier molecular flexibility index (Phi) is 3.88. The summed E-state index contributed by atoms with van der Waals surface area (Å²) in [7, 11) is 3.18. The lowest BCUT2D eigenvalue weighted by Crippen LogP contribution is -2.34. The summed E-state index contributed by atoms with van der Waals surface area (Å²) in [5.41, 5.74) is 1.34. The van der Waals surface area contributed by atoms with Gasteiger partial charge in [0.1, 0.15) is 5.70 Å². The zero-order valence-corrected chi connectivity index (χ0v) is 12.8. The van der Waals surface area contributed by atoms with Crippen molar-refractivity contribution in [2.75, 3.05) is 26.5 Å². The van der Waals surface area contributed by atoms with Crippen molar-refractivity contribution in [1.82, 2.24) is 4.90 Å². The highest BCUT2D eigenvalue weighted by Gasteiger charge is 2.32. The molecule has 6 heteroatoms. The van der Waals surface area contributed by atoms with Crippen molar-refractivity contribution in [1.29, 1.82) is 0 Å². The minimum Gasteiger partial charge on any atom is -0.493 e. The number of carbonyl (C=O) groups excluding carboxylic acids is 1. The molecule has 0 radical (unpaired) electrons. The van der Waals surface area contributed by atoms with Crippen molar-refractivity contribution in [3.05, 3.63) is 29.5 Å². The van der Waals surface area contributed by atoms with Crippen LogP contribution in [0.2, 0.25) is 0 Å². The molecule has 1 saturated heterocycles. The molecule has 0 atom stereocenters. The maximum atomic E-state index is 12.3. The number of fused-ring (bicyclic) bond motifs is 1. The maximum absolute atomic E-state index is 12.3. The van der Waals surface area contributed by atoms with Gasteiger partial charge in [-0.1, -0.05) is 17.8 Å². The van der Waals surface area contributed by atoms with Gasteiger partial charge in [-0.3, -0.25) is 9.69 Å². The third-order valence-electron chi connectivity index (χ3n) is 3.38. The van der Waals surface area contributed by atoms with Gasteiger partial charge in [0.15, 0.2) is 16.7 Å². The van der Waals surface area contributed by atoms with E-state index in [2.05, 4.69) is 4.99 Å². The predicted molar refractivity (Wildman–Crippen MR) is 83.7 cm³/mol. The van der Waals surface area contributed by atoms with Crippen LogP contribution >= 0.6 is 11.8 Å². The Labute approximate surface area is 127 Å². The van der Waals surface area contributed by atoms with E-state index in [4.69, 9.17) is 9.47 Å². The van der Waals surface area contributed by atoms with Crippen LogP contribution in [0.5, 0.6) is 11.5 Å². The van der Waals surface area contributed by atoms with E-state index in [9.17, 15) is 4.79 Å². The molecule has 0 aliphatic carbocycles. The van der Waals surface area contributed by atoms with Crippen molar-refractivity contribution in [3.8, 4) is 11.5 Å². The molecule has 110 valence electrons. The Hall–Kier alpha value is -1.95. The van der Waals surface area contributed by atoms with Crippen molar-refractivity contribution >= 4 is 28.9 Å². The first-order valence-electron chi connectivity index (χ1n) is 6.70. The number of methoxy groups -OCH3 is 2. The number of hydrogen-bond donors (Lipinski definition) is 0. The summed E-state index contributed by atoms with van der Waals surface area (Å²) in [5, 5.41) is 0.818. The second-order valence-corrected chi connectivity index (χ2v) is 5.76. The lowest BCUT2D eigenvalue weighted by atomic mass is 10.1. The monoisotopic (exact) mass is 304 g/mol. The lowest BCUT2D eigenvalue weighted by Gasteiger charge is -2.21. The van der Waals surface area contributed by atoms with Crippen LogP contribution in [0.4, 0.5) is 0 Å². The van der Waals surface area contributed by atoms with E-state index >= 15 is 0 Å². The third kappa shape index (κ3) is 2.63. The molecule has 21 heavy (non-hydrogen) atoms.